The van der Waals surface area contributed by atoms with E-state index in [-0.39, 0.29) is 17.9 Å². The summed E-state index contributed by atoms with van der Waals surface area (Å²) in [4.78, 5) is 35.3. The summed E-state index contributed by atoms with van der Waals surface area (Å²) in [5, 5.41) is 2.70. The van der Waals surface area contributed by atoms with E-state index >= 15 is 0 Å². The van der Waals surface area contributed by atoms with Gasteiger partial charge in [-0.15, -0.1) is 0 Å². The minimum absolute atomic E-state index is 0.0854. The zero-order chi connectivity index (χ0) is 27.1. The van der Waals surface area contributed by atoms with Crippen LogP contribution in [0.4, 0.5) is 4.79 Å². The Balaban J connectivity index is 1.51. The lowest BCUT2D eigenvalue weighted by Gasteiger charge is -2.32. The number of carbonyl (C=O) groups is 2. The Kier molecular flexibility index (Phi) is 7.45. The lowest BCUT2D eigenvalue weighted by atomic mass is 9.79. The number of nitrogens with zero attached hydrogens (tertiary/aromatic N) is 2. The molecule has 3 heterocycles. The Morgan fingerprint density at radius 1 is 1.16 bits per heavy atom. The van der Waals surface area contributed by atoms with E-state index in [1.54, 1.807) is 0 Å². The average molecular weight is 510 g/mol. The normalized spacial score (nSPS) is 23.4. The molecule has 0 spiro atoms. The lowest BCUT2D eigenvalue weighted by molar-refractivity contribution is -0.135. The number of aromatic amines is 1. The lowest BCUT2D eigenvalue weighted by Crippen LogP contribution is -2.51. The van der Waals surface area contributed by atoms with Gasteiger partial charge in [-0.05, 0) is 51.4 Å². The van der Waals surface area contributed by atoms with Crippen LogP contribution < -0.4 is 10.8 Å². The molecule has 0 aliphatic carbocycles. The van der Waals surface area contributed by atoms with Gasteiger partial charge in [0.2, 0.25) is 5.91 Å². The molecule has 37 heavy (non-hydrogen) atoms. The second-order valence-corrected chi connectivity index (χ2v) is 11.6. The smallest absolute Gasteiger partial charge is 0.453 e. The van der Waals surface area contributed by atoms with Gasteiger partial charge < -0.3 is 29.2 Å². The van der Waals surface area contributed by atoms with E-state index in [4.69, 9.17) is 19.0 Å². The first-order valence-electron chi connectivity index (χ1n) is 13.0. The summed E-state index contributed by atoms with van der Waals surface area (Å²) in [5.74, 6) is 0.841. The number of methoxy groups -OCH3 is 1. The summed E-state index contributed by atoms with van der Waals surface area (Å²) in [7, 11) is 0.880. The number of benzene rings is 1. The molecule has 2 N–H and O–H groups in total. The first kappa shape index (κ1) is 27.2. The second-order valence-electron chi connectivity index (χ2n) is 11.6. The molecule has 10 heteroatoms. The highest BCUT2D eigenvalue weighted by atomic mass is 16.7. The minimum atomic E-state index is -0.669. The number of aromatic nitrogens is 2. The molecule has 2 aliphatic rings. The van der Waals surface area contributed by atoms with Crippen LogP contribution in [0.15, 0.2) is 30.5 Å². The van der Waals surface area contributed by atoms with E-state index in [1.807, 2.05) is 76.9 Å². The molecule has 3 atom stereocenters. The second kappa shape index (κ2) is 10.1. The summed E-state index contributed by atoms with van der Waals surface area (Å²) in [6, 6.07) is 7.17. The predicted octanol–water partition coefficient (Wildman–Crippen LogP) is 3.67. The van der Waals surface area contributed by atoms with Gasteiger partial charge in [-0.2, -0.15) is 0 Å². The molecule has 2 amide bonds. The highest BCUT2D eigenvalue weighted by molar-refractivity contribution is 6.62. The van der Waals surface area contributed by atoms with Gasteiger partial charge in [-0.1, -0.05) is 45.0 Å². The molecule has 2 aliphatic heterocycles. The minimum Gasteiger partial charge on any atom is -0.453 e. The van der Waals surface area contributed by atoms with Crippen LogP contribution in [0, 0.1) is 11.8 Å². The maximum absolute atomic E-state index is 13.5. The van der Waals surface area contributed by atoms with Gasteiger partial charge in [0.25, 0.3) is 0 Å². The number of H-pyrrole nitrogens is 1. The fourth-order valence-corrected chi connectivity index (χ4v) is 4.87. The molecule has 0 saturated carbocycles. The van der Waals surface area contributed by atoms with E-state index in [0.717, 1.165) is 29.0 Å². The Bertz CT molecular complexity index is 1110. The Morgan fingerprint density at radius 3 is 2.35 bits per heavy atom. The third kappa shape index (κ3) is 5.41. The molecule has 0 bridgehead atoms. The molecule has 1 aromatic heterocycles. The number of amides is 2. The predicted molar refractivity (Wildman–Crippen MR) is 142 cm³/mol. The summed E-state index contributed by atoms with van der Waals surface area (Å²) >= 11 is 0. The number of rotatable bonds is 6. The molecule has 1 aromatic carbocycles. The molecule has 2 fully saturated rings. The van der Waals surface area contributed by atoms with Crippen LogP contribution in [0.25, 0.3) is 11.3 Å². The van der Waals surface area contributed by atoms with E-state index in [0.29, 0.717) is 12.5 Å². The van der Waals surface area contributed by atoms with Crippen LogP contribution in [0.5, 0.6) is 0 Å². The number of imidazole rings is 1. The van der Waals surface area contributed by atoms with Gasteiger partial charge in [-0.3, -0.25) is 4.79 Å². The average Bonchev–Trinajstić information content (AvgIpc) is 3.52. The van der Waals surface area contributed by atoms with Gasteiger partial charge >= 0.3 is 13.2 Å². The Hall–Kier alpha value is -2.85. The van der Waals surface area contributed by atoms with Crippen LogP contribution in [0.1, 0.15) is 66.8 Å². The number of carbonyl (C=O) groups excluding carboxylic acids is 2. The molecular weight excluding hydrogens is 471 g/mol. The van der Waals surface area contributed by atoms with Crippen LogP contribution in [0.3, 0.4) is 0 Å². The molecule has 2 aromatic rings. The van der Waals surface area contributed by atoms with E-state index in [2.05, 4.69) is 17.2 Å². The van der Waals surface area contributed by atoms with Crippen molar-refractivity contribution in [2.75, 3.05) is 13.7 Å². The third-order valence-corrected chi connectivity index (χ3v) is 7.83. The molecule has 4 rings (SSSR count). The van der Waals surface area contributed by atoms with Crippen LogP contribution in [-0.4, -0.2) is 64.9 Å². The molecule has 0 radical (unpaired) electrons. The van der Waals surface area contributed by atoms with Crippen molar-refractivity contribution in [1.82, 2.24) is 20.2 Å². The van der Waals surface area contributed by atoms with Gasteiger partial charge in [-0.25, -0.2) is 9.78 Å². The van der Waals surface area contributed by atoms with Crippen LogP contribution in [0.2, 0.25) is 0 Å². The number of ether oxygens (including phenoxy) is 1. The number of alkyl carbamates (subject to hydrolysis) is 1. The highest BCUT2D eigenvalue weighted by Crippen LogP contribution is 2.37. The fourth-order valence-electron chi connectivity index (χ4n) is 4.87. The first-order chi connectivity index (χ1) is 17.3. The van der Waals surface area contributed by atoms with Crippen molar-refractivity contribution in [3.8, 4) is 11.3 Å². The van der Waals surface area contributed by atoms with Crippen molar-refractivity contribution in [1.29, 1.82) is 0 Å². The maximum atomic E-state index is 13.5. The van der Waals surface area contributed by atoms with Crippen molar-refractivity contribution >= 4 is 24.6 Å². The standard InChI is InChI=1S/C27H39BN4O5/c1-16(2)22(31-25(34)35-8)24(33)32-15-17(3)13-21(32)23-29-14-20(30-23)18-9-11-19(12-10-18)28-36-26(4,5)27(6,7)37-28/h9-12,14,16-17,21-22H,13,15H2,1-8H3,(H,29,30)(H,31,34)/t17-,21-,22+/m0/s1. The summed E-state index contributed by atoms with van der Waals surface area (Å²) < 4.78 is 17.1. The van der Waals surface area contributed by atoms with Crippen LogP contribution >= 0.6 is 0 Å². The quantitative estimate of drug-likeness (QED) is 0.575. The van der Waals surface area contributed by atoms with Gasteiger partial charge in [0, 0.05) is 18.3 Å². The largest absolute Gasteiger partial charge is 0.494 e. The third-order valence-electron chi connectivity index (χ3n) is 7.83. The van der Waals surface area contributed by atoms with Gasteiger partial charge in [0.15, 0.2) is 0 Å². The summed E-state index contributed by atoms with van der Waals surface area (Å²) in [6.07, 6.45) is 2.06. The van der Waals surface area contributed by atoms with E-state index < -0.39 is 30.5 Å². The molecular formula is C27H39BN4O5. The topological polar surface area (TPSA) is 106 Å². The highest BCUT2D eigenvalue weighted by Gasteiger charge is 2.51. The maximum Gasteiger partial charge on any atom is 0.494 e. The zero-order valence-electron chi connectivity index (χ0n) is 23.1. The summed E-state index contributed by atoms with van der Waals surface area (Å²) in [6.45, 7) is 14.7. The molecule has 2 saturated heterocycles. The van der Waals surface area contributed by atoms with Crippen molar-refractivity contribution in [2.24, 2.45) is 11.8 Å². The fraction of sp³-hybridized carbons (Fsp3) is 0.593. The van der Waals surface area contributed by atoms with Gasteiger partial charge in [0.1, 0.15) is 11.9 Å². The SMILES string of the molecule is COC(=O)N[C@@H](C(=O)N1C[C@@H](C)C[C@H]1c1nc(-c2ccc(B3OC(C)(C)C(C)(C)O3)cc2)c[nH]1)C(C)C. The van der Waals surface area contributed by atoms with E-state index in [1.165, 1.54) is 7.11 Å². The van der Waals surface area contributed by atoms with Crippen molar-refractivity contribution in [2.45, 2.75) is 78.2 Å². The van der Waals surface area contributed by atoms with Crippen molar-refractivity contribution < 1.29 is 23.6 Å². The number of hydrogen-bond donors (Lipinski definition) is 2. The van der Waals surface area contributed by atoms with Crippen molar-refractivity contribution in [3.63, 3.8) is 0 Å². The number of likely N-dealkylation sites (tertiary alicyclic amines) is 1. The van der Waals surface area contributed by atoms with Crippen molar-refractivity contribution in [3.05, 3.63) is 36.3 Å². The molecule has 0 unspecified atom stereocenters. The zero-order valence-corrected chi connectivity index (χ0v) is 23.1. The Labute approximate surface area is 219 Å². The Morgan fingerprint density at radius 2 is 1.78 bits per heavy atom. The van der Waals surface area contributed by atoms with Gasteiger partial charge in [0.05, 0.1) is 30.0 Å². The number of nitrogens with one attached hydrogen (secondary N) is 2. The summed E-state index contributed by atoms with van der Waals surface area (Å²) in [5.41, 5.74) is 1.93. The van der Waals surface area contributed by atoms with E-state index in [9.17, 15) is 9.59 Å². The first-order valence-corrected chi connectivity index (χ1v) is 13.0. The van der Waals surface area contributed by atoms with Crippen LogP contribution in [-0.2, 0) is 18.8 Å². The molecule has 9 nitrogen and oxygen atoms in total. The monoisotopic (exact) mass is 510 g/mol. The molecule has 200 valence electrons. The number of hydrogen-bond acceptors (Lipinski definition) is 6.